The van der Waals surface area contributed by atoms with Gasteiger partial charge in [-0.3, -0.25) is 4.79 Å². The Morgan fingerprint density at radius 2 is 1.50 bits per heavy atom. The predicted molar refractivity (Wildman–Crippen MR) is 26.2 cm³/mol. The topological polar surface area (TPSA) is 37.3 Å². The van der Waals surface area contributed by atoms with E-state index in [9.17, 15) is 0 Å². The summed E-state index contributed by atoms with van der Waals surface area (Å²) in [4.78, 5) is 8.36. The van der Waals surface area contributed by atoms with E-state index < -0.39 is 0 Å². The number of carboxylic acid groups (broad SMARTS) is 1. The molecule has 0 unspecified atom stereocenters. The van der Waals surface area contributed by atoms with Crippen molar-refractivity contribution in [3.8, 4) is 0 Å². The molecule has 30 valence electrons. The summed E-state index contributed by atoms with van der Waals surface area (Å²) in [7, 11) is 0. The van der Waals surface area contributed by atoms with E-state index in [0.717, 1.165) is 0 Å². The van der Waals surface area contributed by atoms with Crippen molar-refractivity contribution in [1.29, 1.82) is 0 Å². The van der Waals surface area contributed by atoms with Crippen molar-refractivity contribution in [1.82, 2.24) is 0 Å². The van der Waals surface area contributed by atoms with E-state index in [1.165, 1.54) is 0 Å². The second kappa shape index (κ2) is 30.8. The molecule has 0 saturated heterocycles. The fourth-order valence-corrected chi connectivity index (χ4v) is 0. The maximum absolute atomic E-state index is 8.36. The first-order valence-electron chi connectivity index (χ1n) is 0.494. The van der Waals surface area contributed by atoms with E-state index >= 15 is 0 Å². The Labute approximate surface area is 81.5 Å². The van der Waals surface area contributed by atoms with E-state index in [1.807, 2.05) is 0 Å². The molecular weight excluding hydrogens is 212 g/mol. The van der Waals surface area contributed by atoms with Crippen LogP contribution in [0.25, 0.3) is 0 Å². The largest absolute Gasteiger partial charge is 0 e. The summed E-state index contributed by atoms with van der Waals surface area (Å²) in [6.07, 6.45) is 0. The van der Waals surface area contributed by atoms with E-state index in [-0.39, 0.29) is 72.5 Å². The number of rotatable bonds is 0. The molecule has 2 nitrogen and oxygen atoms in total. The predicted octanol–water partition coefficient (Wildman–Crippen LogP) is -0.372. The van der Waals surface area contributed by atoms with Crippen LogP contribution in [0.3, 0.4) is 0 Å². The summed E-state index contributed by atoms with van der Waals surface area (Å²) in [5, 5.41) is 6.89. The standard InChI is InChI=1S/CH2O2.BrH.Na.Zn.H/c2-1-3;;;;/h1H,(H,2,3);1H;;;. The van der Waals surface area contributed by atoms with Crippen molar-refractivity contribution in [2.24, 2.45) is 0 Å². The van der Waals surface area contributed by atoms with Gasteiger partial charge in [-0.25, -0.2) is 0 Å². The Kier molecular flexibility index (Phi) is 132. The molecule has 0 heterocycles. The molecule has 0 saturated carbocycles. The molecule has 0 aromatic rings. The van der Waals surface area contributed by atoms with Gasteiger partial charge in [0.2, 0.25) is 0 Å². The van der Waals surface area contributed by atoms with E-state index in [4.69, 9.17) is 9.90 Å². The first-order chi connectivity index (χ1) is 1.41. The Balaban J connectivity index is -0.00000000667. The zero-order chi connectivity index (χ0) is 2.71. The monoisotopic (exact) mass is 214 g/mol. The third kappa shape index (κ3) is 47.1. The summed E-state index contributed by atoms with van der Waals surface area (Å²) in [5.74, 6) is 0. The van der Waals surface area contributed by atoms with Crippen LogP contribution in [0.4, 0.5) is 0 Å². The molecule has 1 N–H and O–H groups in total. The fourth-order valence-electron chi connectivity index (χ4n) is 0. The molecule has 0 spiro atoms. The minimum atomic E-state index is -0.250. The van der Waals surface area contributed by atoms with Gasteiger partial charge in [-0.2, -0.15) is 0 Å². The van der Waals surface area contributed by atoms with Crippen LogP contribution < -0.4 is 0 Å². The SMILES string of the molecule is Br.O=CO.[NaH].[Zn]. The first-order valence-corrected chi connectivity index (χ1v) is 0.494. The van der Waals surface area contributed by atoms with Gasteiger partial charge < -0.3 is 5.11 Å². The van der Waals surface area contributed by atoms with Gasteiger partial charge >= 0.3 is 29.6 Å². The van der Waals surface area contributed by atoms with Crippen molar-refractivity contribution < 1.29 is 29.4 Å². The number of carbonyl (C=O) groups is 1. The fraction of sp³-hybridized carbons (Fsp3) is 0. The third-order valence-electron chi connectivity index (χ3n) is 0. The van der Waals surface area contributed by atoms with Gasteiger partial charge in [-0.05, 0) is 0 Å². The average molecular weight is 216 g/mol. The maximum Gasteiger partial charge on any atom is 0 e. The second-order valence-electron chi connectivity index (χ2n) is 0.105. The van der Waals surface area contributed by atoms with Crippen LogP contribution in [0.5, 0.6) is 0 Å². The Morgan fingerprint density at radius 3 is 1.50 bits per heavy atom. The van der Waals surface area contributed by atoms with Gasteiger partial charge in [0, 0.05) is 19.5 Å². The van der Waals surface area contributed by atoms with Gasteiger partial charge in [0.15, 0.2) is 0 Å². The Hall–Kier alpha value is 1.57. The zero-order valence-electron chi connectivity index (χ0n) is 2.55. The van der Waals surface area contributed by atoms with Crippen molar-refractivity contribution >= 4 is 53.0 Å². The summed E-state index contributed by atoms with van der Waals surface area (Å²) in [5.41, 5.74) is 0. The van der Waals surface area contributed by atoms with Crippen molar-refractivity contribution in [3.05, 3.63) is 0 Å². The van der Waals surface area contributed by atoms with Crippen molar-refractivity contribution in [2.75, 3.05) is 0 Å². The van der Waals surface area contributed by atoms with Crippen LogP contribution in [-0.2, 0) is 24.3 Å². The van der Waals surface area contributed by atoms with E-state index in [2.05, 4.69) is 0 Å². The minimum absolute atomic E-state index is 0. The van der Waals surface area contributed by atoms with Gasteiger partial charge in [0.05, 0.1) is 0 Å². The molecule has 0 aromatic carbocycles. The molecule has 0 radical (unpaired) electrons. The van der Waals surface area contributed by atoms with Crippen LogP contribution >= 0.6 is 17.0 Å². The summed E-state index contributed by atoms with van der Waals surface area (Å²) < 4.78 is 0. The van der Waals surface area contributed by atoms with Crippen LogP contribution in [0.2, 0.25) is 0 Å². The summed E-state index contributed by atoms with van der Waals surface area (Å²) in [6.45, 7) is -0.250. The van der Waals surface area contributed by atoms with E-state index in [0.29, 0.717) is 0 Å². The average Bonchev–Trinajstić information content (AvgIpc) is 0.918. The van der Waals surface area contributed by atoms with Gasteiger partial charge in [0.1, 0.15) is 0 Å². The Morgan fingerprint density at radius 1 is 1.50 bits per heavy atom. The number of hydrogen-bond donors (Lipinski definition) is 1. The van der Waals surface area contributed by atoms with Crippen LogP contribution in [-0.4, -0.2) is 41.1 Å². The van der Waals surface area contributed by atoms with Crippen LogP contribution in [0.15, 0.2) is 0 Å². The smallest absolute Gasteiger partial charge is 0 e. The van der Waals surface area contributed by atoms with Crippen LogP contribution in [0, 0.1) is 0 Å². The normalized spacial score (nSPS) is 2.00. The molecule has 0 rings (SSSR count). The second-order valence-corrected chi connectivity index (χ2v) is 0.105. The molecule has 5 heteroatoms. The zero-order valence-corrected chi connectivity index (χ0v) is 7.23. The molecule has 6 heavy (non-hydrogen) atoms. The minimum Gasteiger partial charge on any atom is 0 e. The van der Waals surface area contributed by atoms with Gasteiger partial charge in [-0.15, -0.1) is 17.0 Å². The molecule has 0 amide bonds. The molecule has 0 atom stereocenters. The quantitative estimate of drug-likeness (QED) is 0.443. The first kappa shape index (κ1) is 25.6. The van der Waals surface area contributed by atoms with Gasteiger partial charge in [0.25, 0.3) is 6.47 Å². The summed E-state index contributed by atoms with van der Waals surface area (Å²) >= 11 is 0. The summed E-state index contributed by atoms with van der Waals surface area (Å²) in [6, 6.07) is 0. The molecule has 0 fully saturated rings. The maximum atomic E-state index is 8.36. The van der Waals surface area contributed by atoms with Gasteiger partial charge in [-0.1, -0.05) is 0 Å². The third-order valence-corrected chi connectivity index (χ3v) is 0. The van der Waals surface area contributed by atoms with Crippen LogP contribution in [0.1, 0.15) is 0 Å². The molecule has 0 aliphatic carbocycles. The van der Waals surface area contributed by atoms with Crippen molar-refractivity contribution in [2.45, 2.75) is 0 Å². The molecule has 0 aliphatic rings. The Bertz CT molecular complexity index is 21.0. The molecular formula is CH4BrNaO2Zn. The van der Waals surface area contributed by atoms with E-state index in [1.54, 1.807) is 0 Å². The number of hydrogen-bond acceptors (Lipinski definition) is 1. The molecule has 0 aromatic heterocycles. The van der Waals surface area contributed by atoms with Crippen molar-refractivity contribution in [3.63, 3.8) is 0 Å². The molecule has 0 bridgehead atoms. The molecule has 0 aliphatic heterocycles. The number of halogens is 1.